The number of aliphatic imine (C=N–C) groups is 1. The largest absolute Gasteiger partial charge is 0.356 e. The van der Waals surface area contributed by atoms with Crippen LogP contribution in [0.3, 0.4) is 0 Å². The topological polar surface area (TPSA) is 53.5 Å². The van der Waals surface area contributed by atoms with Gasteiger partial charge in [0.05, 0.1) is 6.04 Å². The summed E-state index contributed by atoms with van der Waals surface area (Å²) in [7, 11) is 0. The van der Waals surface area contributed by atoms with Gasteiger partial charge in [0, 0.05) is 13.0 Å². The molecule has 1 aliphatic heterocycles. The van der Waals surface area contributed by atoms with Crippen LogP contribution in [-0.4, -0.2) is 18.4 Å². The molecule has 1 heterocycles. The number of hydrogen-bond donors (Lipinski definition) is 2. The van der Waals surface area contributed by atoms with Crippen LogP contribution in [0, 0.1) is 0 Å². The Hall–Kier alpha value is -1.84. The Morgan fingerprint density at radius 2 is 2.22 bits per heavy atom. The second kappa shape index (κ2) is 6.19. The van der Waals surface area contributed by atoms with Gasteiger partial charge in [0.1, 0.15) is 0 Å². The predicted octanol–water partition coefficient (Wildman–Crippen LogP) is 1.99. The maximum atomic E-state index is 11.5. The minimum Gasteiger partial charge on any atom is -0.356 e. The number of nitrogens with zero attached hydrogens (tertiary/aromatic N) is 1. The van der Waals surface area contributed by atoms with Gasteiger partial charge in [-0.15, -0.1) is 0 Å². The van der Waals surface area contributed by atoms with Gasteiger partial charge in [-0.1, -0.05) is 37.3 Å². The summed E-state index contributed by atoms with van der Waals surface area (Å²) in [5.74, 6) is 0.631. The Bertz CT molecular complexity index is 428. The normalized spacial score (nSPS) is 18.7. The molecule has 2 rings (SSSR count). The summed E-state index contributed by atoms with van der Waals surface area (Å²) in [5, 5.41) is 5.95. The highest BCUT2D eigenvalue weighted by Crippen LogP contribution is 2.22. The van der Waals surface area contributed by atoms with Gasteiger partial charge in [0.25, 0.3) is 0 Å². The second-order valence-corrected chi connectivity index (χ2v) is 4.42. The third kappa shape index (κ3) is 3.32. The fourth-order valence-corrected chi connectivity index (χ4v) is 2.01. The molecule has 4 nitrogen and oxygen atoms in total. The summed E-state index contributed by atoms with van der Waals surface area (Å²) < 4.78 is 0. The quantitative estimate of drug-likeness (QED) is 0.855. The lowest BCUT2D eigenvalue weighted by Gasteiger charge is -2.22. The number of benzene rings is 1. The molecular formula is C14H19N3O. The van der Waals surface area contributed by atoms with Gasteiger partial charge in [-0.25, -0.2) is 4.99 Å². The van der Waals surface area contributed by atoms with Crippen molar-refractivity contribution in [2.45, 2.75) is 32.2 Å². The highest BCUT2D eigenvalue weighted by molar-refractivity contribution is 5.97. The Morgan fingerprint density at radius 3 is 2.94 bits per heavy atom. The molecule has 1 unspecified atom stereocenters. The lowest BCUT2D eigenvalue weighted by atomic mass is 10.0. The third-order valence-electron chi connectivity index (χ3n) is 2.91. The van der Waals surface area contributed by atoms with Crippen molar-refractivity contribution >= 4 is 11.9 Å². The number of hydrogen-bond acceptors (Lipinski definition) is 3. The highest BCUT2D eigenvalue weighted by atomic mass is 16.1. The molecule has 0 saturated carbocycles. The van der Waals surface area contributed by atoms with Gasteiger partial charge < -0.3 is 5.32 Å². The Balaban J connectivity index is 2.04. The molecule has 18 heavy (non-hydrogen) atoms. The van der Waals surface area contributed by atoms with Crippen LogP contribution in [0.1, 0.15) is 37.8 Å². The van der Waals surface area contributed by atoms with E-state index in [2.05, 4.69) is 27.8 Å². The summed E-state index contributed by atoms with van der Waals surface area (Å²) in [4.78, 5) is 16.1. The van der Waals surface area contributed by atoms with Gasteiger partial charge in [-0.05, 0) is 18.4 Å². The fourth-order valence-electron chi connectivity index (χ4n) is 2.01. The Morgan fingerprint density at radius 1 is 1.44 bits per heavy atom. The fraction of sp³-hybridized carbons (Fsp3) is 0.429. The number of rotatable bonds is 3. The lowest BCUT2D eigenvalue weighted by Crippen LogP contribution is -2.44. The first kappa shape index (κ1) is 12.6. The zero-order valence-corrected chi connectivity index (χ0v) is 10.6. The van der Waals surface area contributed by atoms with Crippen molar-refractivity contribution < 1.29 is 4.79 Å². The summed E-state index contributed by atoms with van der Waals surface area (Å²) in [6, 6.07) is 10.3. The molecule has 0 saturated heterocycles. The lowest BCUT2D eigenvalue weighted by molar-refractivity contribution is -0.119. The zero-order valence-electron chi connectivity index (χ0n) is 10.6. The molecule has 0 radical (unpaired) electrons. The van der Waals surface area contributed by atoms with Crippen molar-refractivity contribution in [3.05, 3.63) is 35.9 Å². The maximum absolute atomic E-state index is 11.5. The molecule has 4 heteroatoms. The van der Waals surface area contributed by atoms with E-state index in [-0.39, 0.29) is 11.9 Å². The predicted molar refractivity (Wildman–Crippen MR) is 72.3 cm³/mol. The van der Waals surface area contributed by atoms with Crippen molar-refractivity contribution in [2.75, 3.05) is 6.54 Å². The van der Waals surface area contributed by atoms with Crippen molar-refractivity contribution in [3.8, 4) is 0 Å². The van der Waals surface area contributed by atoms with Gasteiger partial charge in [-0.3, -0.25) is 10.1 Å². The minimum absolute atomic E-state index is 0.0254. The van der Waals surface area contributed by atoms with Gasteiger partial charge in [0.15, 0.2) is 5.96 Å². The van der Waals surface area contributed by atoms with E-state index in [0.29, 0.717) is 12.4 Å². The monoisotopic (exact) mass is 245 g/mol. The standard InChI is InChI=1S/C14H19N3O/c1-2-6-13(18)17-14-15-10-9-12(16-14)11-7-4-3-5-8-11/h3-5,7-8,12H,2,6,9-10H2,1H3,(H2,15,16,17,18). The molecule has 0 aromatic heterocycles. The molecule has 0 fully saturated rings. The number of carbonyl (C=O) groups excluding carboxylic acids is 1. The molecule has 1 amide bonds. The molecule has 1 aliphatic rings. The SMILES string of the molecule is CCCC(=O)NC1=NC(c2ccccc2)CCN1. The van der Waals surface area contributed by atoms with Crippen molar-refractivity contribution in [1.29, 1.82) is 0 Å². The Labute approximate surface area is 108 Å². The van der Waals surface area contributed by atoms with Crippen LogP contribution in [0.15, 0.2) is 35.3 Å². The van der Waals surface area contributed by atoms with Crippen LogP contribution in [0.5, 0.6) is 0 Å². The van der Waals surface area contributed by atoms with Crippen molar-refractivity contribution in [3.63, 3.8) is 0 Å². The van der Waals surface area contributed by atoms with Crippen LogP contribution in [-0.2, 0) is 4.79 Å². The molecule has 2 N–H and O–H groups in total. The van der Waals surface area contributed by atoms with Crippen molar-refractivity contribution in [2.24, 2.45) is 4.99 Å². The van der Waals surface area contributed by atoms with E-state index in [1.807, 2.05) is 25.1 Å². The van der Waals surface area contributed by atoms with Crippen LogP contribution in [0.4, 0.5) is 0 Å². The van der Waals surface area contributed by atoms with E-state index in [1.165, 1.54) is 5.56 Å². The van der Waals surface area contributed by atoms with Gasteiger partial charge in [0.2, 0.25) is 5.91 Å². The minimum atomic E-state index is 0.0254. The smallest absolute Gasteiger partial charge is 0.226 e. The summed E-state index contributed by atoms with van der Waals surface area (Å²) in [6.07, 6.45) is 2.34. The second-order valence-electron chi connectivity index (χ2n) is 4.42. The van der Waals surface area contributed by atoms with Gasteiger partial charge in [-0.2, -0.15) is 0 Å². The third-order valence-corrected chi connectivity index (χ3v) is 2.91. The Kier molecular flexibility index (Phi) is 4.34. The number of amides is 1. The number of carbonyl (C=O) groups is 1. The molecule has 0 aliphatic carbocycles. The van der Waals surface area contributed by atoms with Crippen LogP contribution in [0.25, 0.3) is 0 Å². The number of guanidine groups is 1. The molecule has 0 bridgehead atoms. The highest BCUT2D eigenvalue weighted by Gasteiger charge is 2.17. The average Bonchev–Trinajstić information content (AvgIpc) is 2.40. The molecular weight excluding hydrogens is 226 g/mol. The molecule has 0 spiro atoms. The van der Waals surface area contributed by atoms with Crippen LogP contribution >= 0.6 is 0 Å². The first-order valence-electron chi connectivity index (χ1n) is 6.46. The molecule has 1 atom stereocenters. The van der Waals surface area contributed by atoms with E-state index in [0.717, 1.165) is 19.4 Å². The molecule has 1 aromatic carbocycles. The summed E-state index contributed by atoms with van der Waals surface area (Å²) in [6.45, 7) is 2.83. The summed E-state index contributed by atoms with van der Waals surface area (Å²) in [5.41, 5.74) is 1.20. The zero-order chi connectivity index (χ0) is 12.8. The first-order valence-corrected chi connectivity index (χ1v) is 6.46. The van der Waals surface area contributed by atoms with E-state index < -0.39 is 0 Å². The first-order chi connectivity index (χ1) is 8.79. The molecule has 1 aromatic rings. The van der Waals surface area contributed by atoms with E-state index in [9.17, 15) is 4.79 Å². The summed E-state index contributed by atoms with van der Waals surface area (Å²) >= 11 is 0. The number of nitrogens with one attached hydrogen (secondary N) is 2. The van der Waals surface area contributed by atoms with Crippen molar-refractivity contribution in [1.82, 2.24) is 10.6 Å². The maximum Gasteiger partial charge on any atom is 0.226 e. The average molecular weight is 245 g/mol. The molecule has 96 valence electrons. The van der Waals surface area contributed by atoms with Crippen LogP contribution in [0.2, 0.25) is 0 Å². The van der Waals surface area contributed by atoms with Crippen LogP contribution < -0.4 is 10.6 Å². The van der Waals surface area contributed by atoms with E-state index in [1.54, 1.807) is 0 Å². The van der Waals surface area contributed by atoms with E-state index >= 15 is 0 Å². The van der Waals surface area contributed by atoms with E-state index in [4.69, 9.17) is 0 Å². The van der Waals surface area contributed by atoms with Gasteiger partial charge >= 0.3 is 0 Å².